The predicted molar refractivity (Wildman–Crippen MR) is 104 cm³/mol. The monoisotopic (exact) mass is 369 g/mol. The number of nitrogens with one attached hydrogen (secondary N) is 1. The van der Waals surface area contributed by atoms with Crippen molar-refractivity contribution in [1.29, 1.82) is 0 Å². The van der Waals surface area contributed by atoms with Crippen molar-refractivity contribution in [3.05, 3.63) is 69.8 Å². The number of hydrazone groups is 1. The third-order valence-corrected chi connectivity index (χ3v) is 4.07. The number of amides is 1. The summed E-state index contributed by atoms with van der Waals surface area (Å²) in [5.74, 6) is 0.636. The Labute approximate surface area is 158 Å². The van der Waals surface area contributed by atoms with Gasteiger partial charge in [-0.2, -0.15) is 5.10 Å². The molecule has 0 unspecified atom stereocenters. The van der Waals surface area contributed by atoms with Gasteiger partial charge in [0.25, 0.3) is 11.6 Å². The highest BCUT2D eigenvalue weighted by molar-refractivity contribution is 5.86. The maximum absolute atomic E-state index is 11.8. The highest BCUT2D eigenvalue weighted by Gasteiger charge is 2.10. The Morgan fingerprint density at radius 1 is 1.26 bits per heavy atom. The van der Waals surface area contributed by atoms with Gasteiger partial charge in [-0.3, -0.25) is 14.9 Å². The Kier molecular flexibility index (Phi) is 7.49. The molecular weight excluding hydrogens is 346 g/mol. The number of benzene rings is 2. The lowest BCUT2D eigenvalue weighted by molar-refractivity contribution is -0.385. The van der Waals surface area contributed by atoms with E-state index in [-0.39, 0.29) is 12.3 Å². The third kappa shape index (κ3) is 6.22. The zero-order valence-corrected chi connectivity index (χ0v) is 15.4. The number of rotatable bonds is 9. The average Bonchev–Trinajstić information content (AvgIpc) is 2.67. The molecule has 1 N–H and O–H groups in total. The Morgan fingerprint density at radius 2 is 1.96 bits per heavy atom. The van der Waals surface area contributed by atoms with Crippen molar-refractivity contribution in [2.45, 2.75) is 32.6 Å². The second-order valence-corrected chi connectivity index (χ2v) is 6.16. The Hall–Kier alpha value is -3.22. The van der Waals surface area contributed by atoms with Crippen molar-refractivity contribution in [1.82, 2.24) is 5.43 Å². The van der Waals surface area contributed by atoms with Crippen LogP contribution < -0.4 is 10.2 Å². The van der Waals surface area contributed by atoms with E-state index >= 15 is 0 Å². The van der Waals surface area contributed by atoms with Crippen LogP contribution in [0.2, 0.25) is 0 Å². The molecule has 1 amide bonds. The van der Waals surface area contributed by atoms with Crippen molar-refractivity contribution in [2.24, 2.45) is 5.10 Å². The van der Waals surface area contributed by atoms with Gasteiger partial charge < -0.3 is 4.74 Å². The van der Waals surface area contributed by atoms with Crippen LogP contribution in [-0.2, 0) is 4.79 Å². The normalized spacial score (nSPS) is 11.9. The molecular formula is C20H23N3O4. The molecule has 0 spiro atoms. The maximum Gasteiger partial charge on any atom is 0.278 e. The minimum absolute atomic E-state index is 0.0795. The second kappa shape index (κ2) is 10.1. The first-order valence-electron chi connectivity index (χ1n) is 8.79. The van der Waals surface area contributed by atoms with Gasteiger partial charge >= 0.3 is 0 Å². The molecule has 7 heteroatoms. The molecule has 0 aliphatic rings. The van der Waals surface area contributed by atoms with E-state index in [0.717, 1.165) is 12.8 Å². The van der Waals surface area contributed by atoms with Crippen molar-refractivity contribution in [3.63, 3.8) is 0 Å². The summed E-state index contributed by atoms with van der Waals surface area (Å²) < 4.78 is 5.43. The number of hydrogen-bond acceptors (Lipinski definition) is 5. The summed E-state index contributed by atoms with van der Waals surface area (Å²) in [7, 11) is 0. The fraction of sp³-hybridized carbons (Fsp3) is 0.300. The van der Waals surface area contributed by atoms with Crippen molar-refractivity contribution >= 4 is 17.8 Å². The number of nitro groups is 1. The predicted octanol–water partition coefficient (Wildman–Crippen LogP) is 4.03. The standard InChI is InChI=1S/C20H23N3O4/c1-3-6-15(2)16-9-11-18(12-10-16)27-14-20(24)22-21-13-17-7-4-5-8-19(17)23(25)26/h4-5,7-13,15H,3,6,14H2,1-2H3,(H,22,24)/b21-13-/t15-/m1/s1. The Bertz CT molecular complexity index is 803. The lowest BCUT2D eigenvalue weighted by Gasteiger charge is -2.11. The first-order valence-corrected chi connectivity index (χ1v) is 8.79. The molecule has 0 radical (unpaired) electrons. The average molecular weight is 369 g/mol. The lowest BCUT2D eigenvalue weighted by Crippen LogP contribution is -2.24. The van der Waals surface area contributed by atoms with Crippen LogP contribution in [0.15, 0.2) is 53.6 Å². The third-order valence-electron chi connectivity index (χ3n) is 4.07. The number of ether oxygens (including phenoxy) is 1. The summed E-state index contributed by atoms with van der Waals surface area (Å²) in [6.45, 7) is 4.14. The van der Waals surface area contributed by atoms with Gasteiger partial charge in [0.1, 0.15) is 5.75 Å². The first kappa shape index (κ1) is 20.1. The van der Waals surface area contributed by atoms with Crippen LogP contribution in [0.25, 0.3) is 0 Å². The highest BCUT2D eigenvalue weighted by Crippen LogP contribution is 2.22. The van der Waals surface area contributed by atoms with Gasteiger partial charge in [0.15, 0.2) is 6.61 Å². The molecule has 0 aliphatic carbocycles. The molecule has 2 rings (SSSR count). The summed E-state index contributed by atoms with van der Waals surface area (Å²) in [4.78, 5) is 22.2. The van der Waals surface area contributed by atoms with E-state index in [4.69, 9.17) is 4.74 Å². The fourth-order valence-electron chi connectivity index (χ4n) is 2.61. The molecule has 0 saturated heterocycles. The molecule has 0 fully saturated rings. The summed E-state index contributed by atoms with van der Waals surface area (Å²) in [6, 6.07) is 13.8. The van der Waals surface area contributed by atoms with Gasteiger partial charge in [0, 0.05) is 6.07 Å². The molecule has 7 nitrogen and oxygen atoms in total. The van der Waals surface area contributed by atoms with Crippen LogP contribution in [0.5, 0.6) is 5.75 Å². The van der Waals surface area contributed by atoms with Gasteiger partial charge in [-0.1, -0.05) is 44.5 Å². The Morgan fingerprint density at radius 3 is 2.63 bits per heavy atom. The minimum atomic E-state index is -0.503. The van der Waals surface area contributed by atoms with E-state index in [9.17, 15) is 14.9 Å². The largest absolute Gasteiger partial charge is 0.484 e. The molecule has 0 aromatic heterocycles. The fourth-order valence-corrected chi connectivity index (χ4v) is 2.61. The van der Waals surface area contributed by atoms with Gasteiger partial charge in [-0.25, -0.2) is 5.43 Å². The number of nitrogens with zero attached hydrogens (tertiary/aromatic N) is 2. The van der Waals surface area contributed by atoms with Crippen LogP contribution in [0, 0.1) is 10.1 Å². The van der Waals surface area contributed by atoms with Crippen LogP contribution in [0.3, 0.4) is 0 Å². The summed E-state index contributed by atoms with van der Waals surface area (Å²) in [5, 5.41) is 14.7. The van der Waals surface area contributed by atoms with E-state index in [1.165, 1.54) is 17.8 Å². The summed E-state index contributed by atoms with van der Waals surface area (Å²) in [5.41, 5.74) is 3.76. The molecule has 1 atom stereocenters. The smallest absolute Gasteiger partial charge is 0.278 e. The van der Waals surface area contributed by atoms with E-state index in [0.29, 0.717) is 17.2 Å². The number of carbonyl (C=O) groups is 1. The van der Waals surface area contributed by atoms with E-state index in [1.807, 2.05) is 24.3 Å². The van der Waals surface area contributed by atoms with Gasteiger partial charge in [0.05, 0.1) is 16.7 Å². The van der Waals surface area contributed by atoms with Gasteiger partial charge in [-0.05, 0) is 36.1 Å². The van der Waals surface area contributed by atoms with E-state index in [2.05, 4.69) is 24.4 Å². The van der Waals surface area contributed by atoms with Crippen molar-refractivity contribution in [3.8, 4) is 5.75 Å². The van der Waals surface area contributed by atoms with E-state index in [1.54, 1.807) is 18.2 Å². The molecule has 142 valence electrons. The topological polar surface area (TPSA) is 93.8 Å². The molecule has 27 heavy (non-hydrogen) atoms. The molecule has 0 saturated carbocycles. The van der Waals surface area contributed by atoms with Crippen LogP contribution in [-0.4, -0.2) is 23.7 Å². The Balaban J connectivity index is 1.84. The number of hydrogen-bond donors (Lipinski definition) is 1. The minimum Gasteiger partial charge on any atom is -0.484 e. The van der Waals surface area contributed by atoms with Crippen LogP contribution in [0.1, 0.15) is 43.7 Å². The molecule has 0 heterocycles. The molecule has 0 aliphatic heterocycles. The van der Waals surface area contributed by atoms with Gasteiger partial charge in [0.2, 0.25) is 0 Å². The number of nitro benzene ring substituents is 1. The summed E-state index contributed by atoms with van der Waals surface area (Å²) >= 11 is 0. The lowest BCUT2D eigenvalue weighted by atomic mass is 9.97. The highest BCUT2D eigenvalue weighted by atomic mass is 16.6. The van der Waals surface area contributed by atoms with Gasteiger partial charge in [-0.15, -0.1) is 0 Å². The SMILES string of the molecule is CCC[C@@H](C)c1ccc(OCC(=O)N/N=C\c2ccccc2[N+](=O)[O-])cc1. The summed E-state index contributed by atoms with van der Waals surface area (Å²) in [6.07, 6.45) is 3.49. The quantitative estimate of drug-likeness (QED) is 0.410. The number of para-hydroxylation sites is 1. The molecule has 2 aromatic rings. The first-order chi connectivity index (χ1) is 13.0. The molecule has 0 bridgehead atoms. The van der Waals surface area contributed by atoms with Crippen LogP contribution >= 0.6 is 0 Å². The number of carbonyl (C=O) groups excluding carboxylic acids is 1. The zero-order chi connectivity index (χ0) is 19.6. The zero-order valence-electron chi connectivity index (χ0n) is 15.4. The second-order valence-electron chi connectivity index (χ2n) is 6.16. The van der Waals surface area contributed by atoms with Crippen molar-refractivity contribution in [2.75, 3.05) is 6.61 Å². The van der Waals surface area contributed by atoms with Crippen molar-refractivity contribution < 1.29 is 14.5 Å². The molecule has 2 aromatic carbocycles. The maximum atomic E-state index is 11.8. The van der Waals surface area contributed by atoms with E-state index < -0.39 is 10.8 Å². The van der Waals surface area contributed by atoms with Crippen LogP contribution in [0.4, 0.5) is 5.69 Å².